The average Bonchev–Trinajstić information content (AvgIpc) is 2.55. The third kappa shape index (κ3) is 3.65. The van der Waals surface area contributed by atoms with Gasteiger partial charge >= 0.3 is 0 Å². The maximum atomic E-state index is 9.12. The van der Waals surface area contributed by atoms with Crippen LogP contribution in [0.25, 0.3) is 0 Å². The van der Waals surface area contributed by atoms with Crippen LogP contribution in [0.2, 0.25) is 0 Å². The summed E-state index contributed by atoms with van der Waals surface area (Å²) in [6, 6.07) is 7.81. The lowest BCUT2D eigenvalue weighted by molar-refractivity contribution is 0.302. The zero-order chi connectivity index (χ0) is 15.9. The normalized spacial score (nSPS) is 10.5. The highest BCUT2D eigenvalue weighted by Crippen LogP contribution is 2.31. The number of benzene rings is 1. The van der Waals surface area contributed by atoms with Crippen molar-refractivity contribution in [1.82, 2.24) is 9.97 Å². The molecule has 0 saturated carbocycles. The largest absolute Gasteiger partial charge is 0.437 e. The van der Waals surface area contributed by atoms with E-state index in [1.807, 2.05) is 36.1 Å². The van der Waals surface area contributed by atoms with E-state index in [4.69, 9.17) is 15.6 Å². The van der Waals surface area contributed by atoms with E-state index in [1.165, 1.54) is 11.9 Å². The quantitative estimate of drug-likeness (QED) is 0.816. The Labute approximate surface area is 130 Å². The van der Waals surface area contributed by atoms with Crippen LogP contribution in [0.5, 0.6) is 11.6 Å². The van der Waals surface area contributed by atoms with E-state index in [-0.39, 0.29) is 6.61 Å². The van der Waals surface area contributed by atoms with Crippen molar-refractivity contribution >= 4 is 11.5 Å². The summed E-state index contributed by atoms with van der Waals surface area (Å²) < 4.78 is 5.76. The molecule has 1 heterocycles. The van der Waals surface area contributed by atoms with Gasteiger partial charge < -0.3 is 20.5 Å². The van der Waals surface area contributed by atoms with Crippen LogP contribution >= 0.6 is 0 Å². The van der Waals surface area contributed by atoms with E-state index in [9.17, 15) is 0 Å². The molecule has 0 aliphatic heterocycles. The molecule has 0 fully saturated rings. The van der Waals surface area contributed by atoms with Gasteiger partial charge in [0.25, 0.3) is 0 Å². The van der Waals surface area contributed by atoms with Gasteiger partial charge in [0, 0.05) is 13.1 Å². The van der Waals surface area contributed by atoms with Gasteiger partial charge in [-0.2, -0.15) is 4.98 Å². The number of aliphatic hydroxyl groups is 1. The first-order valence-electron chi connectivity index (χ1n) is 7.42. The van der Waals surface area contributed by atoms with Crippen LogP contribution in [0.3, 0.4) is 0 Å². The zero-order valence-electron chi connectivity index (χ0n) is 13.0. The number of ether oxygens (including phenoxy) is 1. The van der Waals surface area contributed by atoms with Crippen molar-refractivity contribution in [2.45, 2.75) is 20.3 Å². The Morgan fingerprint density at radius 2 is 1.91 bits per heavy atom. The average molecular weight is 302 g/mol. The molecule has 0 aliphatic carbocycles. The number of hydrogen-bond donors (Lipinski definition) is 2. The summed E-state index contributed by atoms with van der Waals surface area (Å²) in [6.45, 7) is 5.26. The van der Waals surface area contributed by atoms with Gasteiger partial charge in [-0.3, -0.25) is 0 Å². The molecule has 0 atom stereocenters. The lowest BCUT2D eigenvalue weighted by Crippen LogP contribution is -2.28. The van der Waals surface area contributed by atoms with Crippen molar-refractivity contribution in [3.05, 3.63) is 36.2 Å². The van der Waals surface area contributed by atoms with Crippen molar-refractivity contribution in [1.29, 1.82) is 0 Å². The Kier molecular flexibility index (Phi) is 5.55. The fourth-order valence-corrected chi connectivity index (χ4v) is 2.14. The molecule has 0 amide bonds. The molecule has 0 aliphatic rings. The fourth-order valence-electron chi connectivity index (χ4n) is 2.14. The summed E-state index contributed by atoms with van der Waals surface area (Å²) in [5.41, 5.74) is 7.73. The Morgan fingerprint density at radius 1 is 1.18 bits per heavy atom. The summed E-state index contributed by atoms with van der Waals surface area (Å²) in [4.78, 5) is 10.2. The SMILES string of the molecule is CCc1ccc(Oc2ncnc(N(CC)CCO)c2N)cc1. The Bertz CT molecular complexity index is 602. The molecule has 0 unspecified atom stereocenters. The minimum Gasteiger partial charge on any atom is -0.437 e. The first kappa shape index (κ1) is 16.0. The third-order valence-corrected chi connectivity index (χ3v) is 3.42. The smallest absolute Gasteiger partial charge is 0.248 e. The number of rotatable bonds is 7. The number of anilines is 2. The van der Waals surface area contributed by atoms with E-state index in [0.29, 0.717) is 36.2 Å². The Hall–Kier alpha value is -2.34. The van der Waals surface area contributed by atoms with Crippen molar-refractivity contribution in [3.8, 4) is 11.6 Å². The van der Waals surface area contributed by atoms with Crippen molar-refractivity contribution in [3.63, 3.8) is 0 Å². The number of aryl methyl sites for hydroxylation is 1. The topological polar surface area (TPSA) is 84.5 Å². The minimum absolute atomic E-state index is 0.0337. The number of aromatic nitrogens is 2. The van der Waals surface area contributed by atoms with Gasteiger partial charge in [0.1, 0.15) is 17.8 Å². The predicted molar refractivity (Wildman–Crippen MR) is 87.3 cm³/mol. The van der Waals surface area contributed by atoms with Crippen LogP contribution in [-0.4, -0.2) is 34.8 Å². The van der Waals surface area contributed by atoms with Gasteiger partial charge in [0.05, 0.1) is 6.61 Å². The second-order valence-corrected chi connectivity index (χ2v) is 4.82. The first-order chi connectivity index (χ1) is 10.7. The fraction of sp³-hybridized carbons (Fsp3) is 0.375. The van der Waals surface area contributed by atoms with Crippen molar-refractivity contribution in [2.75, 3.05) is 30.3 Å². The molecule has 2 rings (SSSR count). The van der Waals surface area contributed by atoms with Gasteiger partial charge in [-0.25, -0.2) is 4.98 Å². The molecule has 6 nitrogen and oxygen atoms in total. The summed E-state index contributed by atoms with van der Waals surface area (Å²) >= 11 is 0. The first-order valence-corrected chi connectivity index (χ1v) is 7.42. The second-order valence-electron chi connectivity index (χ2n) is 4.82. The van der Waals surface area contributed by atoms with Crippen LogP contribution in [0.15, 0.2) is 30.6 Å². The van der Waals surface area contributed by atoms with Crippen molar-refractivity contribution in [2.24, 2.45) is 0 Å². The van der Waals surface area contributed by atoms with E-state index < -0.39 is 0 Å². The molecule has 118 valence electrons. The van der Waals surface area contributed by atoms with Gasteiger partial charge in [0.15, 0.2) is 5.82 Å². The number of nitrogens with zero attached hydrogens (tertiary/aromatic N) is 3. The number of likely N-dealkylation sites (N-methyl/N-ethyl adjacent to an activating group) is 1. The monoisotopic (exact) mass is 302 g/mol. The molecule has 22 heavy (non-hydrogen) atoms. The lowest BCUT2D eigenvalue weighted by Gasteiger charge is -2.22. The van der Waals surface area contributed by atoms with Gasteiger partial charge in [-0.05, 0) is 31.0 Å². The standard InChI is InChI=1S/C16H22N4O2/c1-3-12-5-7-13(8-6-12)22-16-14(17)15(18-11-19-16)20(4-2)9-10-21/h5-8,11,21H,3-4,9-10,17H2,1-2H3. The van der Waals surface area contributed by atoms with Crippen LogP contribution < -0.4 is 15.4 Å². The Balaban J connectivity index is 2.23. The highest BCUT2D eigenvalue weighted by atomic mass is 16.5. The number of hydrogen-bond acceptors (Lipinski definition) is 6. The maximum absolute atomic E-state index is 9.12. The summed E-state index contributed by atoms with van der Waals surface area (Å²) in [7, 11) is 0. The zero-order valence-corrected chi connectivity index (χ0v) is 13.0. The second kappa shape index (κ2) is 7.61. The van der Waals surface area contributed by atoms with Gasteiger partial charge in [-0.15, -0.1) is 0 Å². The van der Waals surface area contributed by atoms with Gasteiger partial charge in [-0.1, -0.05) is 19.1 Å². The summed E-state index contributed by atoms with van der Waals surface area (Å²) in [6.07, 6.45) is 2.40. The van der Waals surface area contributed by atoms with Crippen LogP contribution in [0.1, 0.15) is 19.4 Å². The molecule has 0 saturated heterocycles. The molecule has 0 spiro atoms. The van der Waals surface area contributed by atoms with Crippen LogP contribution in [-0.2, 0) is 6.42 Å². The summed E-state index contributed by atoms with van der Waals surface area (Å²) in [5.74, 6) is 1.58. The molecule has 0 radical (unpaired) electrons. The number of nitrogens with two attached hydrogens (primary N) is 1. The van der Waals surface area contributed by atoms with Crippen LogP contribution in [0, 0.1) is 0 Å². The molecular formula is C16H22N4O2. The molecule has 3 N–H and O–H groups in total. The molecule has 6 heteroatoms. The number of nitrogen functional groups attached to an aromatic ring is 1. The highest BCUT2D eigenvalue weighted by molar-refractivity contribution is 5.68. The molecular weight excluding hydrogens is 280 g/mol. The van der Waals surface area contributed by atoms with E-state index in [0.717, 1.165) is 6.42 Å². The van der Waals surface area contributed by atoms with E-state index in [1.54, 1.807) is 0 Å². The molecule has 1 aromatic heterocycles. The summed E-state index contributed by atoms with van der Waals surface area (Å²) in [5, 5.41) is 9.12. The molecule has 2 aromatic rings. The minimum atomic E-state index is 0.0337. The Morgan fingerprint density at radius 3 is 2.50 bits per heavy atom. The molecule has 1 aromatic carbocycles. The van der Waals surface area contributed by atoms with Crippen molar-refractivity contribution < 1.29 is 9.84 Å². The maximum Gasteiger partial charge on any atom is 0.248 e. The van der Waals surface area contributed by atoms with E-state index >= 15 is 0 Å². The highest BCUT2D eigenvalue weighted by Gasteiger charge is 2.15. The third-order valence-electron chi connectivity index (χ3n) is 3.42. The predicted octanol–water partition coefficient (Wildman–Crippen LogP) is 2.23. The number of aliphatic hydroxyl groups excluding tert-OH is 1. The molecule has 0 bridgehead atoms. The van der Waals surface area contributed by atoms with Gasteiger partial charge in [0.2, 0.25) is 5.88 Å². The van der Waals surface area contributed by atoms with E-state index in [2.05, 4.69) is 16.9 Å². The lowest BCUT2D eigenvalue weighted by atomic mass is 10.2. The van der Waals surface area contributed by atoms with Crippen LogP contribution in [0.4, 0.5) is 11.5 Å².